The predicted octanol–water partition coefficient (Wildman–Crippen LogP) is 14.2. The van der Waals surface area contributed by atoms with Crippen LogP contribution in [0, 0.1) is 35.5 Å². The summed E-state index contributed by atoms with van der Waals surface area (Å²) < 4.78 is 0. The first-order valence-corrected chi connectivity index (χ1v) is 23.7. The fourth-order valence-electron chi connectivity index (χ4n) is 14.1. The number of rotatable bonds is 5. The topological polar surface area (TPSA) is 0 Å². The van der Waals surface area contributed by atoms with Crippen molar-refractivity contribution in [1.82, 2.24) is 0 Å². The van der Waals surface area contributed by atoms with Gasteiger partial charge >= 0.3 is 0 Å². The average molecular weight is 665 g/mol. The normalized spacial score (nSPS) is 37.5. The van der Waals surface area contributed by atoms with Gasteiger partial charge < -0.3 is 0 Å². The maximum atomic E-state index is 3.08. The minimum Gasteiger partial charge on any atom is -0.0685 e. The van der Waals surface area contributed by atoms with Crippen LogP contribution in [0.15, 0.2) is 48.5 Å². The zero-order valence-corrected chi connectivity index (χ0v) is 33.7. The highest BCUT2D eigenvalue weighted by Gasteiger charge is 2.63. The second-order valence-corrected chi connectivity index (χ2v) is 25.5. The van der Waals surface area contributed by atoms with Crippen molar-refractivity contribution in [1.29, 1.82) is 0 Å². The minimum absolute atomic E-state index is 0.234. The third kappa shape index (κ3) is 6.25. The Kier molecular flexibility index (Phi) is 9.74. The lowest BCUT2D eigenvalue weighted by atomic mass is 9.70. The third-order valence-electron chi connectivity index (χ3n) is 16.0. The summed E-state index contributed by atoms with van der Waals surface area (Å²) in [4.78, 5) is 0. The van der Waals surface area contributed by atoms with Gasteiger partial charge in [-0.1, -0.05) is 168 Å². The molecular formula is C47H72Si. The second kappa shape index (κ2) is 13.3. The number of hydrogen-bond donors (Lipinski definition) is 0. The Balaban J connectivity index is 1.21. The van der Waals surface area contributed by atoms with Crippen LogP contribution in [0.4, 0.5) is 0 Å². The van der Waals surface area contributed by atoms with Gasteiger partial charge in [0.15, 0.2) is 0 Å². The van der Waals surface area contributed by atoms with Crippen molar-refractivity contribution in [2.75, 3.05) is 0 Å². The molecule has 5 fully saturated rings. The van der Waals surface area contributed by atoms with Gasteiger partial charge in [0.05, 0.1) is 8.07 Å². The molecule has 0 nitrogen and oxygen atoms in total. The van der Waals surface area contributed by atoms with E-state index in [0.29, 0.717) is 0 Å². The highest BCUT2D eigenvalue weighted by atomic mass is 28.3. The summed E-state index contributed by atoms with van der Waals surface area (Å²) in [5.41, 5.74) is 9.96. The molecule has 0 N–H and O–H groups in total. The van der Waals surface area contributed by atoms with E-state index >= 15 is 0 Å². The second-order valence-electron chi connectivity index (χ2n) is 20.7. The SMILES string of the molecule is CC1CC2C(c3ccc(C(C)(C)C)cc3)CCCC2C1[Si](C)(C1CCCCC1)C1C(C)CC2C(c3ccc(C(C)(C)C)cc3)CCCC21. The van der Waals surface area contributed by atoms with Gasteiger partial charge in [0.1, 0.15) is 0 Å². The van der Waals surface area contributed by atoms with E-state index in [9.17, 15) is 0 Å². The van der Waals surface area contributed by atoms with E-state index < -0.39 is 8.07 Å². The Morgan fingerprint density at radius 2 is 0.875 bits per heavy atom. The van der Waals surface area contributed by atoms with Crippen molar-refractivity contribution >= 4 is 8.07 Å². The van der Waals surface area contributed by atoms with Crippen molar-refractivity contribution in [2.24, 2.45) is 35.5 Å². The smallest absolute Gasteiger partial charge is 0.0609 e. The van der Waals surface area contributed by atoms with Gasteiger partial charge in [-0.15, -0.1) is 0 Å². The molecule has 0 radical (unpaired) electrons. The standard InChI is InChI=1S/C47H72Si/c1-31-29-42-38(33-21-25-35(26-22-33)46(3,4)5)17-13-19-40(42)44(31)48(9,37-15-11-10-12-16-37)45-32(2)30-43-39(18-14-20-41(43)45)34-23-27-36(28-24-34)47(6,7)8/h21-28,31-32,37-45H,10-20,29-30H2,1-9H3. The van der Waals surface area contributed by atoms with Gasteiger partial charge in [-0.05, 0) is 123 Å². The first-order valence-electron chi connectivity index (χ1n) is 21.0. The Hall–Kier alpha value is -1.34. The molecule has 2 aromatic carbocycles. The van der Waals surface area contributed by atoms with Crippen molar-refractivity contribution in [2.45, 2.75) is 185 Å². The molecule has 0 heterocycles. The molecule has 48 heavy (non-hydrogen) atoms. The molecule has 0 amide bonds. The summed E-state index contributed by atoms with van der Waals surface area (Å²) >= 11 is 0. The molecule has 264 valence electrons. The maximum Gasteiger partial charge on any atom is 0.0609 e. The maximum absolute atomic E-state index is 3.08. The lowest BCUT2D eigenvalue weighted by molar-refractivity contribution is 0.224. The Morgan fingerprint density at radius 3 is 1.25 bits per heavy atom. The summed E-state index contributed by atoms with van der Waals surface area (Å²) in [5.74, 6) is 7.22. The van der Waals surface area contributed by atoms with E-state index in [0.717, 1.165) is 64.0 Å². The third-order valence-corrected chi connectivity index (χ3v) is 23.2. The van der Waals surface area contributed by atoms with Crippen LogP contribution in [-0.2, 0) is 10.8 Å². The monoisotopic (exact) mass is 665 g/mol. The molecule has 0 aliphatic heterocycles. The lowest BCUT2D eigenvalue weighted by Gasteiger charge is -2.55. The molecule has 10 unspecified atom stereocenters. The lowest BCUT2D eigenvalue weighted by Crippen LogP contribution is -2.53. The minimum atomic E-state index is -1.65. The summed E-state index contributed by atoms with van der Waals surface area (Å²) in [6.45, 7) is 22.8. The zero-order chi connectivity index (χ0) is 34.0. The van der Waals surface area contributed by atoms with Gasteiger partial charge in [-0.25, -0.2) is 0 Å². The summed E-state index contributed by atoms with van der Waals surface area (Å²) in [7, 11) is -1.65. The molecule has 10 atom stereocenters. The van der Waals surface area contributed by atoms with Crippen molar-refractivity contribution < 1.29 is 0 Å². The summed E-state index contributed by atoms with van der Waals surface area (Å²) in [6.07, 6.45) is 19.5. The summed E-state index contributed by atoms with van der Waals surface area (Å²) in [6, 6.07) is 20.1. The first kappa shape index (κ1) is 35.1. The summed E-state index contributed by atoms with van der Waals surface area (Å²) in [5, 5.41) is 0. The van der Waals surface area contributed by atoms with E-state index in [2.05, 4.69) is 110 Å². The molecule has 2 aromatic rings. The molecule has 5 aliphatic rings. The van der Waals surface area contributed by atoms with E-state index in [1.807, 2.05) is 0 Å². The van der Waals surface area contributed by atoms with Crippen molar-refractivity contribution in [3.05, 3.63) is 70.8 Å². The van der Waals surface area contributed by atoms with Crippen LogP contribution in [0.1, 0.15) is 173 Å². The van der Waals surface area contributed by atoms with E-state index in [-0.39, 0.29) is 10.8 Å². The largest absolute Gasteiger partial charge is 0.0685 e. The Bertz CT molecular complexity index is 1270. The number of fused-ring (bicyclic) bond motifs is 2. The molecule has 5 aliphatic carbocycles. The average Bonchev–Trinajstić information content (AvgIpc) is 3.60. The van der Waals surface area contributed by atoms with Crippen LogP contribution >= 0.6 is 0 Å². The van der Waals surface area contributed by atoms with Crippen LogP contribution in [0.5, 0.6) is 0 Å². The van der Waals surface area contributed by atoms with Gasteiger partial charge in [-0.2, -0.15) is 0 Å². The van der Waals surface area contributed by atoms with Crippen LogP contribution in [0.3, 0.4) is 0 Å². The molecule has 0 spiro atoms. The van der Waals surface area contributed by atoms with Gasteiger partial charge in [0.2, 0.25) is 0 Å². The number of hydrogen-bond acceptors (Lipinski definition) is 0. The Morgan fingerprint density at radius 1 is 0.479 bits per heavy atom. The molecule has 0 aromatic heterocycles. The van der Waals surface area contributed by atoms with Gasteiger partial charge in [0.25, 0.3) is 0 Å². The molecule has 5 saturated carbocycles. The van der Waals surface area contributed by atoms with Crippen LogP contribution in [0.25, 0.3) is 0 Å². The predicted molar refractivity (Wildman–Crippen MR) is 211 cm³/mol. The van der Waals surface area contributed by atoms with Crippen LogP contribution in [-0.4, -0.2) is 8.07 Å². The Labute approximate surface area is 298 Å². The van der Waals surface area contributed by atoms with Gasteiger partial charge in [-0.3, -0.25) is 0 Å². The fraction of sp³-hybridized carbons (Fsp3) is 0.745. The molecule has 1 heteroatoms. The van der Waals surface area contributed by atoms with E-state index in [1.165, 1.54) is 81.8 Å². The molecular weight excluding hydrogens is 593 g/mol. The fourth-order valence-corrected chi connectivity index (χ4v) is 22.7. The zero-order valence-electron chi connectivity index (χ0n) is 32.7. The van der Waals surface area contributed by atoms with Crippen molar-refractivity contribution in [3.63, 3.8) is 0 Å². The van der Waals surface area contributed by atoms with Crippen LogP contribution in [0.2, 0.25) is 23.2 Å². The molecule has 7 rings (SSSR count). The van der Waals surface area contributed by atoms with Gasteiger partial charge in [0, 0.05) is 0 Å². The van der Waals surface area contributed by atoms with E-state index in [1.54, 1.807) is 24.0 Å². The molecule has 0 bridgehead atoms. The van der Waals surface area contributed by atoms with Crippen LogP contribution < -0.4 is 0 Å². The first-order chi connectivity index (χ1) is 22.8. The number of benzene rings is 2. The van der Waals surface area contributed by atoms with E-state index in [4.69, 9.17) is 0 Å². The quantitative estimate of drug-likeness (QED) is 0.279. The highest BCUT2D eigenvalue weighted by molar-refractivity contribution is 6.83. The highest BCUT2D eigenvalue weighted by Crippen LogP contribution is 2.70. The van der Waals surface area contributed by atoms with Crippen molar-refractivity contribution in [3.8, 4) is 0 Å². The molecule has 0 saturated heterocycles.